The van der Waals surface area contributed by atoms with Gasteiger partial charge in [0, 0.05) is 25.2 Å². The zero-order valence-corrected chi connectivity index (χ0v) is 9.69. The van der Waals surface area contributed by atoms with Crippen LogP contribution >= 0.6 is 0 Å². The minimum Gasteiger partial charge on any atom is -0.442 e. The Hall–Kier alpha value is -1.55. The molecule has 1 aliphatic carbocycles. The van der Waals surface area contributed by atoms with Gasteiger partial charge in [0.2, 0.25) is 0 Å². The number of amides is 1. The number of rotatable bonds is 2. The topological polar surface area (TPSA) is 55.6 Å². The molecule has 1 heterocycles. The molecule has 1 aromatic carbocycles. The van der Waals surface area contributed by atoms with Gasteiger partial charge in [-0.15, -0.1) is 0 Å². The molecule has 1 saturated heterocycles. The van der Waals surface area contributed by atoms with E-state index >= 15 is 0 Å². The Morgan fingerprint density at radius 3 is 2.82 bits per heavy atom. The Bertz CT molecular complexity index is 454. The van der Waals surface area contributed by atoms with Gasteiger partial charge in [-0.2, -0.15) is 0 Å². The molecule has 0 unspecified atom stereocenters. The third-order valence-electron chi connectivity index (χ3n) is 3.58. The highest BCUT2D eigenvalue weighted by molar-refractivity contribution is 5.89. The number of hydrogen-bond acceptors (Lipinski definition) is 3. The summed E-state index contributed by atoms with van der Waals surface area (Å²) in [6, 6.07) is 7.75. The number of nitrogens with zero attached hydrogens (tertiary/aromatic N) is 1. The van der Waals surface area contributed by atoms with E-state index < -0.39 is 0 Å². The van der Waals surface area contributed by atoms with E-state index in [1.54, 1.807) is 4.90 Å². The van der Waals surface area contributed by atoms with Crippen molar-refractivity contribution in [2.24, 2.45) is 5.73 Å². The Labute approximate surface area is 100 Å². The van der Waals surface area contributed by atoms with Crippen LogP contribution in [0.2, 0.25) is 0 Å². The Kier molecular flexibility index (Phi) is 2.33. The van der Waals surface area contributed by atoms with Gasteiger partial charge in [0.15, 0.2) is 0 Å². The average molecular weight is 232 g/mol. The number of carbonyl (C=O) groups excluding carboxylic acids is 1. The van der Waals surface area contributed by atoms with Crippen molar-refractivity contribution in [3.8, 4) is 0 Å². The van der Waals surface area contributed by atoms with Crippen molar-refractivity contribution in [3.63, 3.8) is 0 Å². The van der Waals surface area contributed by atoms with Crippen LogP contribution in [-0.2, 0) is 11.3 Å². The first-order chi connectivity index (χ1) is 8.22. The predicted molar refractivity (Wildman–Crippen MR) is 64.7 cm³/mol. The summed E-state index contributed by atoms with van der Waals surface area (Å²) < 4.78 is 5.48. The summed E-state index contributed by atoms with van der Waals surface area (Å²) in [5.74, 6) is 0. The molecule has 3 rings (SSSR count). The summed E-state index contributed by atoms with van der Waals surface area (Å²) >= 11 is 0. The second kappa shape index (κ2) is 3.74. The van der Waals surface area contributed by atoms with E-state index in [4.69, 9.17) is 10.5 Å². The van der Waals surface area contributed by atoms with Gasteiger partial charge in [0.1, 0.15) is 5.60 Å². The molecule has 90 valence electrons. The summed E-state index contributed by atoms with van der Waals surface area (Å²) in [6.45, 7) is 1.23. The Morgan fingerprint density at radius 1 is 1.35 bits per heavy atom. The monoisotopic (exact) mass is 232 g/mol. The zero-order chi connectivity index (χ0) is 11.9. The molecule has 1 aliphatic heterocycles. The molecule has 1 saturated carbocycles. The van der Waals surface area contributed by atoms with Crippen LogP contribution in [0.3, 0.4) is 0 Å². The summed E-state index contributed by atoms with van der Waals surface area (Å²) in [4.78, 5) is 13.6. The molecular weight excluding hydrogens is 216 g/mol. The van der Waals surface area contributed by atoms with Crippen LogP contribution in [0.5, 0.6) is 0 Å². The number of hydrogen-bond donors (Lipinski definition) is 1. The summed E-state index contributed by atoms with van der Waals surface area (Å²) in [5.41, 5.74) is 7.40. The molecule has 1 aromatic rings. The summed E-state index contributed by atoms with van der Waals surface area (Å²) in [6.07, 6.45) is 2.76. The van der Waals surface area contributed by atoms with Gasteiger partial charge in [-0.25, -0.2) is 4.79 Å². The fraction of sp³-hybridized carbons (Fsp3) is 0.462. The highest BCUT2D eigenvalue weighted by atomic mass is 16.6. The SMILES string of the molecule is NCc1cccc(N2CCC3(CC3)OC2=O)c1. The minimum absolute atomic E-state index is 0.112. The van der Waals surface area contributed by atoms with E-state index in [2.05, 4.69) is 0 Å². The lowest BCUT2D eigenvalue weighted by molar-refractivity contribution is 0.0683. The second-order valence-corrected chi connectivity index (χ2v) is 4.83. The molecule has 0 aromatic heterocycles. The second-order valence-electron chi connectivity index (χ2n) is 4.83. The number of ether oxygens (including phenoxy) is 1. The maximum atomic E-state index is 11.9. The van der Waals surface area contributed by atoms with Crippen molar-refractivity contribution in [3.05, 3.63) is 29.8 Å². The van der Waals surface area contributed by atoms with E-state index in [9.17, 15) is 4.79 Å². The molecule has 1 amide bonds. The van der Waals surface area contributed by atoms with Crippen molar-refractivity contribution in [2.45, 2.75) is 31.4 Å². The fourth-order valence-electron chi connectivity index (χ4n) is 2.28. The minimum atomic E-state index is -0.220. The lowest BCUT2D eigenvalue weighted by Crippen LogP contribution is -2.43. The van der Waals surface area contributed by atoms with Crippen molar-refractivity contribution in [1.29, 1.82) is 0 Å². The van der Waals surface area contributed by atoms with Gasteiger partial charge in [-0.1, -0.05) is 12.1 Å². The third-order valence-corrected chi connectivity index (χ3v) is 3.58. The van der Waals surface area contributed by atoms with Crippen LogP contribution in [0.15, 0.2) is 24.3 Å². The predicted octanol–water partition coefficient (Wildman–Crippen LogP) is 2.02. The molecule has 4 heteroatoms. The molecule has 2 fully saturated rings. The van der Waals surface area contributed by atoms with Crippen molar-refractivity contribution in [2.75, 3.05) is 11.4 Å². The first kappa shape index (κ1) is 10.6. The standard InChI is InChI=1S/C13H16N2O2/c14-9-10-2-1-3-11(8-10)15-7-6-13(4-5-13)17-12(15)16/h1-3,8H,4-7,9,14H2. The number of nitrogens with two attached hydrogens (primary N) is 1. The number of carbonyl (C=O) groups is 1. The van der Waals surface area contributed by atoms with Crippen LogP contribution in [0, 0.1) is 0 Å². The smallest absolute Gasteiger partial charge is 0.414 e. The van der Waals surface area contributed by atoms with E-state index in [-0.39, 0.29) is 11.7 Å². The first-order valence-electron chi connectivity index (χ1n) is 6.02. The first-order valence-corrected chi connectivity index (χ1v) is 6.02. The van der Waals surface area contributed by atoms with Gasteiger partial charge in [0.25, 0.3) is 0 Å². The summed E-state index contributed by atoms with van der Waals surface area (Å²) in [5, 5.41) is 0. The molecule has 2 N–H and O–H groups in total. The Morgan fingerprint density at radius 2 is 2.18 bits per heavy atom. The van der Waals surface area contributed by atoms with Crippen LogP contribution in [0.1, 0.15) is 24.8 Å². The van der Waals surface area contributed by atoms with Crippen molar-refractivity contribution < 1.29 is 9.53 Å². The van der Waals surface area contributed by atoms with Crippen molar-refractivity contribution >= 4 is 11.8 Å². The normalized spacial score (nSPS) is 21.5. The quantitative estimate of drug-likeness (QED) is 0.848. The zero-order valence-electron chi connectivity index (χ0n) is 9.69. The maximum Gasteiger partial charge on any atom is 0.414 e. The highest BCUT2D eigenvalue weighted by Crippen LogP contribution is 2.45. The average Bonchev–Trinajstić information content (AvgIpc) is 3.09. The van der Waals surface area contributed by atoms with E-state index in [0.29, 0.717) is 6.54 Å². The molecule has 2 aliphatic rings. The number of benzene rings is 1. The highest BCUT2D eigenvalue weighted by Gasteiger charge is 2.50. The molecule has 0 radical (unpaired) electrons. The van der Waals surface area contributed by atoms with E-state index in [0.717, 1.165) is 37.1 Å². The molecule has 0 bridgehead atoms. The molecule has 4 nitrogen and oxygen atoms in total. The molecular formula is C13H16N2O2. The van der Waals surface area contributed by atoms with Gasteiger partial charge < -0.3 is 10.5 Å². The van der Waals surface area contributed by atoms with Crippen molar-refractivity contribution in [1.82, 2.24) is 0 Å². The van der Waals surface area contributed by atoms with Crippen LogP contribution in [-0.4, -0.2) is 18.2 Å². The largest absolute Gasteiger partial charge is 0.442 e. The van der Waals surface area contributed by atoms with E-state index in [1.165, 1.54) is 0 Å². The lowest BCUT2D eigenvalue weighted by atomic mass is 10.1. The number of anilines is 1. The maximum absolute atomic E-state index is 11.9. The van der Waals surface area contributed by atoms with Crippen LogP contribution in [0.4, 0.5) is 10.5 Å². The third kappa shape index (κ3) is 1.89. The van der Waals surface area contributed by atoms with Crippen LogP contribution < -0.4 is 10.6 Å². The van der Waals surface area contributed by atoms with Gasteiger partial charge in [0.05, 0.1) is 0 Å². The lowest BCUT2D eigenvalue weighted by Gasteiger charge is -2.32. The van der Waals surface area contributed by atoms with Gasteiger partial charge >= 0.3 is 6.09 Å². The van der Waals surface area contributed by atoms with Crippen LogP contribution in [0.25, 0.3) is 0 Å². The van der Waals surface area contributed by atoms with E-state index in [1.807, 2.05) is 24.3 Å². The van der Waals surface area contributed by atoms with Gasteiger partial charge in [-0.05, 0) is 30.5 Å². The Balaban J connectivity index is 1.81. The van der Waals surface area contributed by atoms with Gasteiger partial charge in [-0.3, -0.25) is 4.90 Å². The summed E-state index contributed by atoms with van der Waals surface area (Å²) in [7, 11) is 0. The fourth-order valence-corrected chi connectivity index (χ4v) is 2.28. The molecule has 1 spiro atoms. The molecule has 0 atom stereocenters. The molecule has 17 heavy (non-hydrogen) atoms.